The van der Waals surface area contributed by atoms with Crippen molar-refractivity contribution in [3.8, 4) is 0 Å². The van der Waals surface area contributed by atoms with Gasteiger partial charge < -0.3 is 16.8 Å². The second-order valence-corrected chi connectivity index (χ2v) is 6.76. The number of hydrogen-bond acceptors (Lipinski definition) is 4. The summed E-state index contributed by atoms with van der Waals surface area (Å²) >= 11 is 0. The van der Waals surface area contributed by atoms with Crippen LogP contribution in [0.25, 0.3) is 0 Å². The van der Waals surface area contributed by atoms with Gasteiger partial charge in [-0.3, -0.25) is 14.5 Å². The van der Waals surface area contributed by atoms with Gasteiger partial charge in [0.15, 0.2) is 0 Å². The van der Waals surface area contributed by atoms with E-state index in [0.717, 1.165) is 30.5 Å². The van der Waals surface area contributed by atoms with Crippen molar-refractivity contribution in [2.45, 2.75) is 32.4 Å². The normalized spacial score (nSPS) is 17.2. The van der Waals surface area contributed by atoms with E-state index >= 15 is 0 Å². The van der Waals surface area contributed by atoms with Crippen molar-refractivity contribution in [2.24, 2.45) is 5.73 Å². The zero-order valence-electron chi connectivity index (χ0n) is 14.9. The van der Waals surface area contributed by atoms with Gasteiger partial charge in [-0.15, -0.1) is 0 Å². The predicted octanol–water partition coefficient (Wildman–Crippen LogP) is 2.28. The minimum Gasteiger partial charge on any atom is -0.399 e. The second kappa shape index (κ2) is 7.58. The van der Waals surface area contributed by atoms with Crippen molar-refractivity contribution < 1.29 is 9.59 Å². The number of anilines is 2. The fourth-order valence-corrected chi connectivity index (χ4v) is 3.40. The van der Waals surface area contributed by atoms with Crippen molar-refractivity contribution in [3.05, 3.63) is 59.2 Å². The van der Waals surface area contributed by atoms with Crippen molar-refractivity contribution in [3.63, 3.8) is 0 Å². The third kappa shape index (κ3) is 4.03. The maximum Gasteiger partial charge on any atom is 0.256 e. The van der Waals surface area contributed by atoms with Crippen LogP contribution in [0.4, 0.5) is 11.4 Å². The summed E-state index contributed by atoms with van der Waals surface area (Å²) in [6.45, 7) is 3.36. The van der Waals surface area contributed by atoms with Crippen LogP contribution in [0.3, 0.4) is 0 Å². The van der Waals surface area contributed by atoms with Crippen LogP contribution in [-0.2, 0) is 11.3 Å². The van der Waals surface area contributed by atoms with Crippen molar-refractivity contribution in [2.75, 3.05) is 17.6 Å². The molecule has 0 aliphatic carbocycles. The first-order valence-corrected chi connectivity index (χ1v) is 8.74. The summed E-state index contributed by atoms with van der Waals surface area (Å²) in [5.74, 6) is -0.466. The van der Waals surface area contributed by atoms with Gasteiger partial charge in [0.05, 0.1) is 6.04 Å². The van der Waals surface area contributed by atoms with Crippen LogP contribution in [0.2, 0.25) is 0 Å². The summed E-state index contributed by atoms with van der Waals surface area (Å²) in [4.78, 5) is 26.2. The molecular formula is C20H24N4O2. The Kier molecular flexibility index (Phi) is 5.23. The number of nitrogen functional groups attached to an aromatic ring is 1. The largest absolute Gasteiger partial charge is 0.399 e. The Balaban J connectivity index is 1.72. The highest BCUT2D eigenvalue weighted by molar-refractivity contribution is 6.05. The van der Waals surface area contributed by atoms with Gasteiger partial charge in [-0.1, -0.05) is 18.2 Å². The van der Waals surface area contributed by atoms with Crippen molar-refractivity contribution in [1.82, 2.24) is 4.90 Å². The number of nitrogens with zero attached hydrogens (tertiary/aromatic N) is 1. The van der Waals surface area contributed by atoms with E-state index in [1.807, 2.05) is 37.3 Å². The van der Waals surface area contributed by atoms with E-state index in [9.17, 15) is 9.59 Å². The lowest BCUT2D eigenvalue weighted by Crippen LogP contribution is -2.39. The van der Waals surface area contributed by atoms with Crippen molar-refractivity contribution in [1.29, 1.82) is 0 Å². The molecule has 2 amide bonds. The van der Waals surface area contributed by atoms with Gasteiger partial charge in [0, 0.05) is 23.5 Å². The maximum absolute atomic E-state index is 12.5. The molecule has 1 aliphatic rings. The molecule has 1 saturated heterocycles. The molecule has 0 spiro atoms. The molecular weight excluding hydrogens is 328 g/mol. The number of rotatable bonds is 5. The molecule has 2 aromatic carbocycles. The molecule has 1 atom stereocenters. The lowest BCUT2D eigenvalue weighted by molar-refractivity contribution is -0.122. The molecule has 3 rings (SSSR count). The molecule has 2 aromatic rings. The summed E-state index contributed by atoms with van der Waals surface area (Å²) in [5.41, 5.74) is 15.0. The summed E-state index contributed by atoms with van der Waals surface area (Å²) in [6.07, 6.45) is 1.78. The molecule has 136 valence electrons. The Hall–Kier alpha value is -2.86. The van der Waals surface area contributed by atoms with Gasteiger partial charge in [0.1, 0.15) is 0 Å². The average Bonchev–Trinajstić information content (AvgIpc) is 3.05. The quantitative estimate of drug-likeness (QED) is 0.719. The number of carbonyl (C=O) groups is 2. The first-order valence-electron chi connectivity index (χ1n) is 8.74. The highest BCUT2D eigenvalue weighted by Gasteiger charge is 2.28. The van der Waals surface area contributed by atoms with Gasteiger partial charge in [-0.2, -0.15) is 0 Å². The van der Waals surface area contributed by atoms with E-state index in [1.165, 1.54) is 0 Å². The number of carbonyl (C=O) groups excluding carboxylic acids is 2. The van der Waals surface area contributed by atoms with Gasteiger partial charge in [-0.05, 0) is 61.7 Å². The van der Waals surface area contributed by atoms with E-state index in [1.54, 1.807) is 12.1 Å². The Bertz CT molecular complexity index is 834. The first-order chi connectivity index (χ1) is 12.4. The van der Waals surface area contributed by atoms with Gasteiger partial charge in [-0.25, -0.2) is 0 Å². The molecule has 6 heteroatoms. The molecule has 0 saturated carbocycles. The number of amides is 2. The van der Waals surface area contributed by atoms with Crippen LogP contribution < -0.4 is 16.8 Å². The molecule has 6 nitrogen and oxygen atoms in total. The zero-order chi connectivity index (χ0) is 18.7. The molecule has 0 aromatic heterocycles. The number of primary amides is 1. The predicted molar refractivity (Wildman–Crippen MR) is 103 cm³/mol. The third-order valence-electron chi connectivity index (χ3n) is 4.77. The average molecular weight is 352 g/mol. The van der Waals surface area contributed by atoms with Gasteiger partial charge >= 0.3 is 0 Å². The molecule has 1 heterocycles. The highest BCUT2D eigenvalue weighted by atomic mass is 16.2. The van der Waals surface area contributed by atoms with Crippen LogP contribution in [-0.4, -0.2) is 29.3 Å². The fraction of sp³-hybridized carbons (Fsp3) is 0.300. The van der Waals surface area contributed by atoms with E-state index in [2.05, 4.69) is 10.2 Å². The van der Waals surface area contributed by atoms with Crippen LogP contribution >= 0.6 is 0 Å². The summed E-state index contributed by atoms with van der Waals surface area (Å²) in [7, 11) is 0. The molecule has 1 unspecified atom stereocenters. The number of hydrogen-bond donors (Lipinski definition) is 3. The topological polar surface area (TPSA) is 101 Å². The number of nitrogens with two attached hydrogens (primary N) is 2. The van der Waals surface area contributed by atoms with Crippen LogP contribution in [0.15, 0.2) is 42.5 Å². The third-order valence-corrected chi connectivity index (χ3v) is 4.77. The van der Waals surface area contributed by atoms with Crippen LogP contribution in [0.5, 0.6) is 0 Å². The maximum atomic E-state index is 12.5. The van der Waals surface area contributed by atoms with Gasteiger partial charge in [0.25, 0.3) is 5.91 Å². The van der Waals surface area contributed by atoms with E-state index in [4.69, 9.17) is 11.5 Å². The Labute approximate surface area is 153 Å². The SMILES string of the molecule is Cc1ccc(N)cc1C(=O)Nc1cccc(CN2CCCC2C(N)=O)c1. The number of nitrogens with one attached hydrogen (secondary N) is 1. The van der Waals surface area contributed by atoms with E-state index in [0.29, 0.717) is 23.5 Å². The Morgan fingerprint density at radius 2 is 2.04 bits per heavy atom. The van der Waals surface area contributed by atoms with Crippen LogP contribution in [0.1, 0.15) is 34.3 Å². The van der Waals surface area contributed by atoms with E-state index < -0.39 is 0 Å². The number of likely N-dealkylation sites (tertiary alicyclic amines) is 1. The number of aryl methyl sites for hydroxylation is 1. The summed E-state index contributed by atoms with van der Waals surface area (Å²) < 4.78 is 0. The standard InChI is InChI=1S/C20H24N4O2/c1-13-7-8-15(21)11-17(13)20(26)23-16-5-2-4-14(10-16)12-24-9-3-6-18(24)19(22)25/h2,4-5,7-8,10-11,18H,3,6,9,12,21H2,1H3,(H2,22,25)(H,23,26). The minimum absolute atomic E-state index is 0.192. The Morgan fingerprint density at radius 1 is 1.23 bits per heavy atom. The minimum atomic E-state index is -0.274. The number of benzene rings is 2. The Morgan fingerprint density at radius 3 is 2.81 bits per heavy atom. The summed E-state index contributed by atoms with van der Waals surface area (Å²) in [6, 6.07) is 12.7. The lowest BCUT2D eigenvalue weighted by Gasteiger charge is -2.22. The first kappa shape index (κ1) is 17.9. The molecule has 0 radical (unpaired) electrons. The lowest BCUT2D eigenvalue weighted by atomic mass is 10.1. The molecule has 26 heavy (non-hydrogen) atoms. The highest BCUT2D eigenvalue weighted by Crippen LogP contribution is 2.22. The molecule has 0 bridgehead atoms. The van der Waals surface area contributed by atoms with Gasteiger partial charge in [0.2, 0.25) is 5.91 Å². The molecule has 1 fully saturated rings. The fourth-order valence-electron chi connectivity index (χ4n) is 3.40. The molecule has 5 N–H and O–H groups in total. The van der Waals surface area contributed by atoms with E-state index in [-0.39, 0.29) is 17.9 Å². The smallest absolute Gasteiger partial charge is 0.256 e. The van der Waals surface area contributed by atoms with Crippen molar-refractivity contribution >= 4 is 23.2 Å². The van der Waals surface area contributed by atoms with Crippen LogP contribution in [0, 0.1) is 6.92 Å². The monoisotopic (exact) mass is 352 g/mol. The zero-order valence-corrected chi connectivity index (χ0v) is 14.9. The summed E-state index contributed by atoms with van der Waals surface area (Å²) in [5, 5.41) is 2.92. The molecule has 1 aliphatic heterocycles. The second-order valence-electron chi connectivity index (χ2n) is 6.76.